The molecule has 0 bridgehead atoms. The molecular formula is C16H20ClNO3S. The van der Waals surface area contributed by atoms with E-state index in [1.807, 2.05) is 31.2 Å². The number of rotatable bonds is 9. The Bertz CT molecular complexity index is 522. The van der Waals surface area contributed by atoms with E-state index in [0.29, 0.717) is 22.9 Å². The van der Waals surface area contributed by atoms with Gasteiger partial charge in [0.15, 0.2) is 5.78 Å². The van der Waals surface area contributed by atoms with Crippen LogP contribution in [0.4, 0.5) is 4.79 Å². The van der Waals surface area contributed by atoms with Gasteiger partial charge in [-0.25, -0.2) is 4.79 Å². The van der Waals surface area contributed by atoms with Gasteiger partial charge in [0.1, 0.15) is 6.61 Å². The lowest BCUT2D eigenvalue weighted by atomic mass is 10.1. The van der Waals surface area contributed by atoms with E-state index < -0.39 is 12.1 Å². The van der Waals surface area contributed by atoms with Gasteiger partial charge in [0.25, 0.3) is 0 Å². The summed E-state index contributed by atoms with van der Waals surface area (Å²) in [7, 11) is 0. The van der Waals surface area contributed by atoms with Crippen LogP contribution in [0, 0.1) is 0 Å². The van der Waals surface area contributed by atoms with Gasteiger partial charge in [0.2, 0.25) is 0 Å². The van der Waals surface area contributed by atoms with Crippen molar-refractivity contribution in [3.63, 3.8) is 0 Å². The minimum atomic E-state index is -0.601. The quantitative estimate of drug-likeness (QED) is 0.693. The zero-order valence-electron chi connectivity index (χ0n) is 12.5. The summed E-state index contributed by atoms with van der Waals surface area (Å²) in [4.78, 5) is 23.6. The number of alkyl carbamates (subject to hydrolysis) is 1. The standard InChI is InChI=1S/C16H20ClNO3S/c1-3-9-21-16(20)18-14(4-2)15(19)11-22-10-12-7-5-6-8-13(12)17/h3,5-8,14H,1,4,9-11H2,2H3,(H,18,20)/t14-/m0/s1. The Balaban J connectivity index is 2.40. The van der Waals surface area contributed by atoms with E-state index in [1.165, 1.54) is 17.8 Å². The normalized spacial score (nSPS) is 11.5. The zero-order valence-corrected chi connectivity index (χ0v) is 14.1. The summed E-state index contributed by atoms with van der Waals surface area (Å²) in [5, 5.41) is 3.26. The average Bonchev–Trinajstić information content (AvgIpc) is 2.52. The molecule has 0 radical (unpaired) electrons. The molecule has 1 amide bonds. The molecule has 0 fully saturated rings. The lowest BCUT2D eigenvalue weighted by Gasteiger charge is -2.15. The van der Waals surface area contributed by atoms with Crippen LogP contribution < -0.4 is 5.32 Å². The van der Waals surface area contributed by atoms with E-state index in [0.717, 1.165) is 5.56 Å². The molecule has 1 rings (SSSR count). The van der Waals surface area contributed by atoms with E-state index in [4.69, 9.17) is 16.3 Å². The van der Waals surface area contributed by atoms with Crippen LogP contribution in [0.25, 0.3) is 0 Å². The van der Waals surface area contributed by atoms with Crippen LogP contribution in [0.5, 0.6) is 0 Å². The minimum Gasteiger partial charge on any atom is -0.445 e. The Kier molecular flexibility index (Phi) is 8.70. The number of amides is 1. The summed E-state index contributed by atoms with van der Waals surface area (Å²) in [6.45, 7) is 5.42. The number of carbonyl (C=O) groups is 2. The molecule has 0 aliphatic rings. The molecule has 1 N–H and O–H groups in total. The number of hydrogen-bond acceptors (Lipinski definition) is 4. The topological polar surface area (TPSA) is 55.4 Å². The Morgan fingerprint density at radius 2 is 2.18 bits per heavy atom. The van der Waals surface area contributed by atoms with Crippen LogP contribution in [0.3, 0.4) is 0 Å². The Labute approximate surface area is 140 Å². The molecule has 0 aliphatic heterocycles. The maximum absolute atomic E-state index is 12.1. The van der Waals surface area contributed by atoms with Crippen molar-refractivity contribution in [1.82, 2.24) is 5.32 Å². The van der Waals surface area contributed by atoms with Gasteiger partial charge in [-0.1, -0.05) is 49.4 Å². The maximum Gasteiger partial charge on any atom is 0.408 e. The van der Waals surface area contributed by atoms with Gasteiger partial charge < -0.3 is 10.1 Å². The third kappa shape index (κ3) is 6.54. The highest BCUT2D eigenvalue weighted by atomic mass is 35.5. The van der Waals surface area contributed by atoms with Crippen LogP contribution in [0.15, 0.2) is 36.9 Å². The molecule has 0 unspecified atom stereocenters. The molecule has 1 aromatic rings. The van der Waals surface area contributed by atoms with Crippen molar-refractivity contribution in [3.05, 3.63) is 47.5 Å². The SMILES string of the molecule is C=CCOC(=O)N[C@@H](CC)C(=O)CSCc1ccccc1Cl. The number of benzene rings is 1. The molecule has 22 heavy (non-hydrogen) atoms. The molecule has 0 heterocycles. The van der Waals surface area contributed by atoms with Crippen LogP contribution in [0.1, 0.15) is 18.9 Å². The molecule has 0 aromatic heterocycles. The summed E-state index contributed by atoms with van der Waals surface area (Å²) in [5.74, 6) is 0.934. The van der Waals surface area contributed by atoms with Gasteiger partial charge in [0.05, 0.1) is 11.8 Å². The fourth-order valence-electron chi connectivity index (χ4n) is 1.71. The molecular weight excluding hydrogens is 322 g/mol. The molecule has 0 saturated heterocycles. The molecule has 0 spiro atoms. The van der Waals surface area contributed by atoms with E-state index in [1.54, 1.807) is 0 Å². The molecule has 6 heteroatoms. The van der Waals surface area contributed by atoms with Gasteiger partial charge in [-0.15, -0.1) is 11.8 Å². The first-order chi connectivity index (χ1) is 10.6. The van der Waals surface area contributed by atoms with Crippen molar-refractivity contribution in [2.75, 3.05) is 12.4 Å². The Morgan fingerprint density at radius 3 is 2.82 bits per heavy atom. The average molecular weight is 342 g/mol. The number of halogens is 1. The molecule has 0 saturated carbocycles. The molecule has 1 aromatic carbocycles. The van der Waals surface area contributed by atoms with Crippen LogP contribution in [-0.2, 0) is 15.3 Å². The number of carbonyl (C=O) groups excluding carboxylic acids is 2. The Hall–Kier alpha value is -1.46. The van der Waals surface area contributed by atoms with Crippen molar-refractivity contribution in [1.29, 1.82) is 0 Å². The molecule has 0 aliphatic carbocycles. The van der Waals surface area contributed by atoms with E-state index in [2.05, 4.69) is 11.9 Å². The first-order valence-corrected chi connectivity index (χ1v) is 8.49. The van der Waals surface area contributed by atoms with Gasteiger partial charge in [-0.05, 0) is 18.1 Å². The number of Topliss-reactive ketones (excluding diaryl/α,β-unsaturated/α-hetero) is 1. The highest BCUT2D eigenvalue weighted by molar-refractivity contribution is 7.99. The lowest BCUT2D eigenvalue weighted by molar-refractivity contribution is -0.118. The van der Waals surface area contributed by atoms with Crippen molar-refractivity contribution in [2.45, 2.75) is 25.1 Å². The van der Waals surface area contributed by atoms with E-state index >= 15 is 0 Å². The summed E-state index contributed by atoms with van der Waals surface area (Å²) in [6.07, 6.45) is 1.40. The van der Waals surface area contributed by atoms with Crippen molar-refractivity contribution >= 4 is 35.2 Å². The summed E-state index contributed by atoms with van der Waals surface area (Å²) < 4.78 is 4.82. The van der Waals surface area contributed by atoms with Gasteiger partial charge in [-0.2, -0.15) is 0 Å². The Morgan fingerprint density at radius 1 is 1.45 bits per heavy atom. The summed E-state index contributed by atoms with van der Waals surface area (Å²) in [6, 6.07) is 7.01. The van der Waals surface area contributed by atoms with E-state index in [-0.39, 0.29) is 12.4 Å². The number of ketones is 1. The van der Waals surface area contributed by atoms with Crippen LogP contribution in [0.2, 0.25) is 5.02 Å². The van der Waals surface area contributed by atoms with Crippen molar-refractivity contribution in [2.24, 2.45) is 0 Å². The predicted molar refractivity (Wildman–Crippen MR) is 91.4 cm³/mol. The van der Waals surface area contributed by atoms with E-state index in [9.17, 15) is 9.59 Å². The zero-order chi connectivity index (χ0) is 16.4. The predicted octanol–water partition coefficient (Wildman–Crippen LogP) is 3.83. The van der Waals surface area contributed by atoms with Gasteiger partial charge in [-0.3, -0.25) is 4.79 Å². The minimum absolute atomic E-state index is 0.0323. The van der Waals surface area contributed by atoms with Gasteiger partial charge in [0, 0.05) is 10.8 Å². The van der Waals surface area contributed by atoms with Crippen molar-refractivity contribution < 1.29 is 14.3 Å². The fraction of sp³-hybridized carbons (Fsp3) is 0.375. The second-order valence-corrected chi connectivity index (χ2v) is 5.94. The third-order valence-corrected chi connectivity index (χ3v) is 4.25. The first kappa shape index (κ1) is 18.6. The second-order valence-electron chi connectivity index (χ2n) is 4.54. The van der Waals surface area contributed by atoms with Crippen LogP contribution >= 0.6 is 23.4 Å². The molecule has 1 atom stereocenters. The first-order valence-electron chi connectivity index (χ1n) is 6.96. The summed E-state index contributed by atoms with van der Waals surface area (Å²) >= 11 is 7.54. The number of hydrogen-bond donors (Lipinski definition) is 1. The maximum atomic E-state index is 12.1. The van der Waals surface area contributed by atoms with Gasteiger partial charge >= 0.3 is 6.09 Å². The smallest absolute Gasteiger partial charge is 0.408 e. The molecule has 120 valence electrons. The van der Waals surface area contributed by atoms with Crippen molar-refractivity contribution in [3.8, 4) is 0 Å². The number of thioether (sulfide) groups is 1. The highest BCUT2D eigenvalue weighted by Gasteiger charge is 2.19. The summed E-state index contributed by atoms with van der Waals surface area (Å²) in [5.41, 5.74) is 0.994. The third-order valence-electron chi connectivity index (χ3n) is 2.88. The lowest BCUT2D eigenvalue weighted by Crippen LogP contribution is -2.41. The highest BCUT2D eigenvalue weighted by Crippen LogP contribution is 2.21. The number of ether oxygens (including phenoxy) is 1. The van der Waals surface area contributed by atoms with Crippen LogP contribution in [-0.4, -0.2) is 30.3 Å². The fourth-order valence-corrected chi connectivity index (χ4v) is 2.96. The monoisotopic (exact) mass is 341 g/mol. The molecule has 4 nitrogen and oxygen atoms in total. The number of nitrogens with one attached hydrogen (secondary N) is 1. The second kappa shape index (κ2) is 10.3. The largest absolute Gasteiger partial charge is 0.445 e.